The van der Waals surface area contributed by atoms with Crippen LogP contribution in [0.5, 0.6) is 0 Å². The highest BCUT2D eigenvalue weighted by atomic mass is 19.2. The minimum Gasteiger partial charge on any atom is -0.458 e. The minimum atomic E-state index is -3.00. The van der Waals surface area contributed by atoms with Gasteiger partial charge in [0, 0.05) is 6.20 Å². The molecule has 10 nitrogen and oxygen atoms in total. The molecule has 3 heterocycles. The smallest absolute Gasteiger partial charge is 0.323 e. The number of nitrogen functional groups attached to an aromatic ring is 1. The zero-order valence-corrected chi connectivity index (χ0v) is 15.8. The predicted octanol–water partition coefficient (Wildman–Crippen LogP) is -0.540. The molecule has 1 saturated heterocycles. The number of imidazole rings is 1. The summed E-state index contributed by atoms with van der Waals surface area (Å²) in [7, 11) is 0. The van der Waals surface area contributed by atoms with Crippen molar-refractivity contribution >= 4 is 22.8 Å². The van der Waals surface area contributed by atoms with Crippen LogP contribution in [0.25, 0.3) is 11.2 Å². The van der Waals surface area contributed by atoms with Gasteiger partial charge in [0.1, 0.15) is 11.6 Å². The van der Waals surface area contributed by atoms with Gasteiger partial charge < -0.3 is 31.2 Å². The van der Waals surface area contributed by atoms with E-state index in [2.05, 4.69) is 9.97 Å². The largest absolute Gasteiger partial charge is 0.458 e. The molecule has 0 amide bonds. The van der Waals surface area contributed by atoms with Crippen molar-refractivity contribution in [2.45, 2.75) is 43.7 Å². The zero-order chi connectivity index (χ0) is 21.6. The molecule has 11 heteroatoms. The van der Waals surface area contributed by atoms with E-state index in [9.17, 15) is 15.0 Å². The first kappa shape index (κ1) is 20.9. The van der Waals surface area contributed by atoms with Gasteiger partial charge in [-0.2, -0.15) is 0 Å². The molecule has 0 saturated carbocycles. The number of hydrogen-bond acceptors (Lipinski definition) is 9. The molecule has 6 N–H and O–H groups in total. The van der Waals surface area contributed by atoms with Crippen molar-refractivity contribution in [2.75, 3.05) is 12.3 Å². The summed E-state index contributed by atoms with van der Waals surface area (Å²) < 4.78 is 26.7. The average molecular weight is 407 g/mol. The molecule has 156 valence electrons. The number of aliphatic hydroxyl groups excluding tert-OH is 1. The lowest BCUT2D eigenvalue weighted by molar-refractivity contribution is -0.216. The lowest BCUT2D eigenvalue weighted by atomic mass is 9.94. The number of nitrogens with zero attached hydrogens (tertiary/aromatic N) is 3. The molecule has 5 atom stereocenters. The summed E-state index contributed by atoms with van der Waals surface area (Å²) in [6.45, 7) is 2.35. The highest BCUT2D eigenvalue weighted by Crippen LogP contribution is 2.46. The molecule has 2 aromatic heterocycles. The van der Waals surface area contributed by atoms with Gasteiger partial charge in [0.25, 0.3) is 5.85 Å². The number of ether oxygens (including phenoxy) is 2. The molecule has 1 aliphatic heterocycles. The van der Waals surface area contributed by atoms with E-state index in [0.29, 0.717) is 5.69 Å². The van der Waals surface area contributed by atoms with E-state index in [0.717, 1.165) is 4.57 Å². The maximum absolute atomic E-state index is 15.4. The summed E-state index contributed by atoms with van der Waals surface area (Å²) in [5, 5.41) is 21.2. The Labute approximate surface area is 165 Å². The number of anilines is 1. The Balaban J connectivity index is 1.93. The second-order valence-corrected chi connectivity index (χ2v) is 7.23. The van der Waals surface area contributed by atoms with Crippen molar-refractivity contribution < 1.29 is 28.9 Å². The number of aliphatic hydroxyl groups is 2. The number of pyridine rings is 1. The van der Waals surface area contributed by atoms with Gasteiger partial charge in [-0.05, 0) is 12.0 Å². The van der Waals surface area contributed by atoms with E-state index in [4.69, 9.17) is 27.4 Å². The number of aromatic nitrogens is 3. The number of halogens is 1. The molecule has 0 bridgehead atoms. The number of rotatable bonds is 5. The van der Waals surface area contributed by atoms with Crippen molar-refractivity contribution in [1.29, 1.82) is 0 Å². The predicted molar refractivity (Wildman–Crippen MR) is 99.5 cm³/mol. The van der Waals surface area contributed by atoms with Crippen LogP contribution in [-0.4, -0.2) is 60.9 Å². The van der Waals surface area contributed by atoms with E-state index >= 15 is 4.39 Å². The topological polar surface area (TPSA) is 159 Å². The van der Waals surface area contributed by atoms with Crippen LogP contribution in [0.4, 0.5) is 10.1 Å². The first-order valence-corrected chi connectivity index (χ1v) is 8.79. The van der Waals surface area contributed by atoms with Gasteiger partial charge in [0.2, 0.25) is 5.60 Å². The quantitative estimate of drug-likeness (QED) is 0.377. The van der Waals surface area contributed by atoms with Gasteiger partial charge in [0.15, 0.2) is 24.6 Å². The van der Waals surface area contributed by atoms with Gasteiger partial charge in [0.05, 0.1) is 12.0 Å². The van der Waals surface area contributed by atoms with E-state index in [-0.39, 0.29) is 17.1 Å². The molecule has 1 unspecified atom stereocenters. The summed E-state index contributed by atoms with van der Waals surface area (Å²) in [4.78, 5) is 20.1. The fourth-order valence-electron chi connectivity index (χ4n) is 3.00. The van der Waals surface area contributed by atoms with Crippen LogP contribution in [0, 0.1) is 18.3 Å². The minimum absolute atomic E-state index is 0.152. The van der Waals surface area contributed by atoms with Crippen LogP contribution in [0.15, 0.2) is 18.6 Å². The summed E-state index contributed by atoms with van der Waals surface area (Å²) in [6, 6.07) is 0.512. The maximum atomic E-state index is 15.4. The van der Waals surface area contributed by atoms with Crippen molar-refractivity contribution in [1.82, 2.24) is 14.5 Å². The van der Waals surface area contributed by atoms with Gasteiger partial charge in [-0.1, -0.05) is 19.8 Å². The van der Waals surface area contributed by atoms with Crippen LogP contribution < -0.4 is 11.5 Å². The number of nitrogens with two attached hydrogens (primary N) is 2. The number of hydrogen-bond donors (Lipinski definition) is 4. The number of carbonyl (C=O) groups excluding carboxylic acids is 1. The fourth-order valence-corrected chi connectivity index (χ4v) is 3.00. The van der Waals surface area contributed by atoms with Crippen LogP contribution >= 0.6 is 0 Å². The third kappa shape index (κ3) is 3.30. The standard InChI is InChI=1S/C18H22FN5O5/c1-4-17(27)15(26)18(19,7-28-14(25)11(21)9(2)3)29-16(17)24-8-23-12-10(20)5-6-22-13(12)24/h1,5-6,8-9,11,15-16,26-27H,7,21H2,2-3H3,(H2,20,22)/t11?,15-,16+,17+,18+/m0/s1. The SMILES string of the molecule is C#C[C@]1(O)[C@H](n2cnc3c(N)ccnc32)O[C@](F)(COC(=O)C(N)C(C)C)[C@H]1O. The number of fused-ring (bicyclic) bond motifs is 1. The number of carbonyl (C=O) groups is 1. The Morgan fingerprint density at radius 1 is 1.55 bits per heavy atom. The molecule has 2 aromatic rings. The Kier molecular flexibility index (Phi) is 5.22. The Bertz CT molecular complexity index is 975. The summed E-state index contributed by atoms with van der Waals surface area (Å²) in [5.41, 5.74) is 9.70. The first-order valence-electron chi connectivity index (χ1n) is 8.79. The van der Waals surface area contributed by atoms with Gasteiger partial charge in [-0.3, -0.25) is 9.36 Å². The summed E-state index contributed by atoms with van der Waals surface area (Å²) >= 11 is 0. The number of terminal acetylenes is 1. The lowest BCUT2D eigenvalue weighted by Gasteiger charge is -2.26. The highest BCUT2D eigenvalue weighted by molar-refractivity contribution is 5.83. The second kappa shape index (κ2) is 7.23. The van der Waals surface area contributed by atoms with Gasteiger partial charge in [-0.25, -0.2) is 14.4 Å². The van der Waals surface area contributed by atoms with Crippen LogP contribution in [0.3, 0.4) is 0 Å². The fraction of sp³-hybridized carbons (Fsp3) is 0.500. The van der Waals surface area contributed by atoms with E-state index < -0.39 is 42.4 Å². The van der Waals surface area contributed by atoms with E-state index in [1.807, 2.05) is 5.92 Å². The molecule has 0 aliphatic carbocycles. The van der Waals surface area contributed by atoms with Crippen molar-refractivity contribution in [3.8, 4) is 12.3 Å². The monoisotopic (exact) mass is 407 g/mol. The van der Waals surface area contributed by atoms with Crippen LogP contribution in [0.1, 0.15) is 20.1 Å². The molecular weight excluding hydrogens is 385 g/mol. The molecule has 3 rings (SSSR count). The lowest BCUT2D eigenvalue weighted by Crippen LogP contribution is -2.51. The van der Waals surface area contributed by atoms with Gasteiger partial charge in [-0.15, -0.1) is 6.42 Å². The number of alkyl halides is 1. The van der Waals surface area contributed by atoms with Crippen LogP contribution in [-0.2, 0) is 14.3 Å². The molecular formula is C18H22FN5O5. The summed E-state index contributed by atoms with van der Waals surface area (Å²) in [6.07, 6.45) is 4.09. The zero-order valence-electron chi connectivity index (χ0n) is 15.8. The van der Waals surface area contributed by atoms with Crippen molar-refractivity contribution in [3.05, 3.63) is 18.6 Å². The van der Waals surface area contributed by atoms with E-state index in [1.54, 1.807) is 13.8 Å². The molecule has 29 heavy (non-hydrogen) atoms. The third-order valence-corrected chi connectivity index (χ3v) is 4.89. The molecule has 0 aromatic carbocycles. The van der Waals surface area contributed by atoms with Crippen molar-refractivity contribution in [2.24, 2.45) is 11.7 Å². The maximum Gasteiger partial charge on any atom is 0.323 e. The van der Waals surface area contributed by atoms with Crippen molar-refractivity contribution in [3.63, 3.8) is 0 Å². The third-order valence-electron chi connectivity index (χ3n) is 4.89. The molecule has 0 radical (unpaired) electrons. The average Bonchev–Trinajstić information content (AvgIpc) is 3.20. The molecule has 1 aliphatic rings. The Morgan fingerprint density at radius 2 is 2.24 bits per heavy atom. The van der Waals surface area contributed by atoms with Gasteiger partial charge >= 0.3 is 5.97 Å². The second-order valence-electron chi connectivity index (χ2n) is 7.23. The first-order chi connectivity index (χ1) is 13.5. The Hall–Kier alpha value is -2.78. The number of esters is 1. The Morgan fingerprint density at radius 3 is 2.86 bits per heavy atom. The van der Waals surface area contributed by atoms with E-state index in [1.165, 1.54) is 18.6 Å². The molecule has 1 fully saturated rings. The summed E-state index contributed by atoms with van der Waals surface area (Å²) in [5.74, 6) is -2.18. The molecule has 0 spiro atoms. The van der Waals surface area contributed by atoms with Crippen LogP contribution in [0.2, 0.25) is 0 Å². The highest BCUT2D eigenvalue weighted by Gasteiger charge is 2.65. The normalized spacial score (nSPS) is 30.4.